The first-order valence-corrected chi connectivity index (χ1v) is 12.5. The van der Waals surface area contributed by atoms with E-state index in [1.807, 2.05) is 17.9 Å². The highest BCUT2D eigenvalue weighted by Gasteiger charge is 2.37. The van der Waals surface area contributed by atoms with Crippen LogP contribution in [0.25, 0.3) is 6.08 Å². The fourth-order valence-electron chi connectivity index (χ4n) is 4.64. The zero-order valence-electron chi connectivity index (χ0n) is 18.7. The number of nitrogens with zero attached hydrogens (tertiary/aromatic N) is 1. The van der Waals surface area contributed by atoms with Gasteiger partial charge in [0.2, 0.25) is 5.78 Å². The van der Waals surface area contributed by atoms with Crippen molar-refractivity contribution in [3.8, 4) is 23.0 Å². The number of ether oxygens (including phenoxy) is 4. The molecule has 1 atom stereocenters. The van der Waals surface area contributed by atoms with Gasteiger partial charge in [-0.15, -0.1) is 0 Å². The number of allylic oxidation sites excluding steroid dienone is 1. The summed E-state index contributed by atoms with van der Waals surface area (Å²) in [5, 5.41) is 0. The van der Waals surface area contributed by atoms with Crippen LogP contribution >= 0.6 is 0 Å². The minimum absolute atomic E-state index is 0.0679. The monoisotopic (exact) mass is 471 g/mol. The van der Waals surface area contributed by atoms with Gasteiger partial charge in [-0.05, 0) is 37.6 Å². The molecule has 3 heterocycles. The minimum atomic E-state index is -2.99. The van der Waals surface area contributed by atoms with Crippen LogP contribution in [0.2, 0.25) is 0 Å². The SMILES string of the molecule is COc1ccc(C=C2Oc3c(cc4c(c3C)OCN([C@H]3CCS(=O)(=O)C3)C4)C2=O)c(OC)c1. The van der Waals surface area contributed by atoms with Crippen molar-refractivity contribution in [3.63, 3.8) is 0 Å². The van der Waals surface area contributed by atoms with E-state index < -0.39 is 9.84 Å². The van der Waals surface area contributed by atoms with Crippen molar-refractivity contribution >= 4 is 21.7 Å². The number of rotatable bonds is 4. The van der Waals surface area contributed by atoms with Crippen LogP contribution in [-0.4, -0.2) is 57.6 Å². The van der Waals surface area contributed by atoms with Crippen molar-refractivity contribution < 1.29 is 32.2 Å². The number of hydrogen-bond acceptors (Lipinski definition) is 8. The molecule has 0 amide bonds. The Bertz CT molecular complexity index is 1280. The Morgan fingerprint density at radius 1 is 1.15 bits per heavy atom. The number of ketones is 1. The zero-order valence-corrected chi connectivity index (χ0v) is 19.5. The third-order valence-electron chi connectivity index (χ3n) is 6.42. The van der Waals surface area contributed by atoms with Gasteiger partial charge >= 0.3 is 0 Å². The van der Waals surface area contributed by atoms with E-state index in [-0.39, 0.29) is 29.1 Å². The summed E-state index contributed by atoms with van der Waals surface area (Å²) in [4.78, 5) is 15.2. The number of fused-ring (bicyclic) bond motifs is 2. The first-order valence-electron chi connectivity index (χ1n) is 10.7. The highest BCUT2D eigenvalue weighted by Crippen LogP contribution is 2.44. The molecule has 174 valence electrons. The Balaban J connectivity index is 1.45. The summed E-state index contributed by atoms with van der Waals surface area (Å²) in [5.74, 6) is 2.75. The highest BCUT2D eigenvalue weighted by atomic mass is 32.2. The maximum atomic E-state index is 13.2. The highest BCUT2D eigenvalue weighted by molar-refractivity contribution is 7.91. The predicted octanol–water partition coefficient (Wildman–Crippen LogP) is 2.97. The molecule has 1 fully saturated rings. The summed E-state index contributed by atoms with van der Waals surface area (Å²) in [7, 11) is 0.138. The van der Waals surface area contributed by atoms with E-state index in [1.165, 1.54) is 0 Å². The third-order valence-corrected chi connectivity index (χ3v) is 8.17. The topological polar surface area (TPSA) is 91.4 Å². The summed E-state index contributed by atoms with van der Waals surface area (Å²) in [6.07, 6.45) is 2.26. The average molecular weight is 472 g/mol. The second-order valence-electron chi connectivity index (χ2n) is 8.49. The van der Waals surface area contributed by atoms with E-state index in [9.17, 15) is 13.2 Å². The van der Waals surface area contributed by atoms with Crippen molar-refractivity contribution in [1.82, 2.24) is 4.90 Å². The Kier molecular flexibility index (Phi) is 5.33. The zero-order chi connectivity index (χ0) is 23.3. The molecule has 1 saturated heterocycles. The molecule has 2 aromatic carbocycles. The molecule has 0 unspecified atom stereocenters. The van der Waals surface area contributed by atoms with Crippen LogP contribution in [0.3, 0.4) is 0 Å². The fourth-order valence-corrected chi connectivity index (χ4v) is 6.40. The molecular weight excluding hydrogens is 446 g/mol. The van der Waals surface area contributed by atoms with Crippen LogP contribution in [0.4, 0.5) is 0 Å². The summed E-state index contributed by atoms with van der Waals surface area (Å²) >= 11 is 0. The molecule has 3 aliphatic heterocycles. The smallest absolute Gasteiger partial charge is 0.231 e. The lowest BCUT2D eigenvalue weighted by atomic mass is 9.99. The van der Waals surface area contributed by atoms with Gasteiger partial charge in [0.05, 0.1) is 31.3 Å². The molecule has 33 heavy (non-hydrogen) atoms. The van der Waals surface area contributed by atoms with Crippen LogP contribution in [0, 0.1) is 6.92 Å². The molecule has 0 bridgehead atoms. The number of carbonyl (C=O) groups is 1. The van der Waals surface area contributed by atoms with Crippen molar-refractivity contribution in [2.45, 2.75) is 25.9 Å². The van der Waals surface area contributed by atoms with Gasteiger partial charge in [-0.2, -0.15) is 0 Å². The fraction of sp³-hybridized carbons (Fsp3) is 0.375. The molecular formula is C24H25NO7S. The Hall–Kier alpha value is -3.04. The molecule has 0 N–H and O–H groups in total. The van der Waals surface area contributed by atoms with Gasteiger partial charge in [0.1, 0.15) is 29.7 Å². The van der Waals surface area contributed by atoms with E-state index in [4.69, 9.17) is 18.9 Å². The van der Waals surface area contributed by atoms with Gasteiger partial charge < -0.3 is 18.9 Å². The molecule has 0 aromatic heterocycles. The molecule has 0 radical (unpaired) electrons. The minimum Gasteiger partial charge on any atom is -0.497 e. The first-order chi connectivity index (χ1) is 15.8. The van der Waals surface area contributed by atoms with Gasteiger partial charge in [0.25, 0.3) is 0 Å². The van der Waals surface area contributed by atoms with Crippen LogP contribution in [0.1, 0.15) is 33.5 Å². The van der Waals surface area contributed by atoms with Crippen LogP contribution < -0.4 is 18.9 Å². The molecule has 8 nitrogen and oxygen atoms in total. The maximum Gasteiger partial charge on any atom is 0.231 e. The van der Waals surface area contributed by atoms with E-state index in [0.717, 1.165) is 11.1 Å². The first kappa shape index (κ1) is 21.8. The van der Waals surface area contributed by atoms with E-state index in [1.54, 1.807) is 38.5 Å². The summed E-state index contributed by atoms with van der Waals surface area (Å²) in [5.41, 5.74) is 2.80. The second-order valence-corrected chi connectivity index (χ2v) is 10.7. The van der Waals surface area contributed by atoms with Crippen LogP contribution in [0.15, 0.2) is 30.0 Å². The molecule has 5 rings (SSSR count). The summed E-state index contributed by atoms with van der Waals surface area (Å²) in [6.45, 7) is 2.71. The third kappa shape index (κ3) is 3.85. The molecule has 0 spiro atoms. The normalized spacial score (nSPS) is 22.5. The Morgan fingerprint density at radius 3 is 2.67 bits per heavy atom. The van der Waals surface area contributed by atoms with Gasteiger partial charge in [-0.3, -0.25) is 9.69 Å². The number of sulfone groups is 1. The largest absolute Gasteiger partial charge is 0.497 e. The maximum absolute atomic E-state index is 13.2. The number of methoxy groups -OCH3 is 2. The van der Waals surface area contributed by atoms with Crippen molar-refractivity contribution in [2.75, 3.05) is 32.5 Å². The van der Waals surface area contributed by atoms with E-state index in [2.05, 4.69) is 0 Å². The summed E-state index contributed by atoms with van der Waals surface area (Å²) < 4.78 is 46.4. The standard InChI is InChI=1S/C24H25NO7S/c1-14-23-16(11-25(13-31-23)17-6-7-33(27,28)12-17)8-19-22(26)21(32-24(14)19)9-15-4-5-18(29-2)10-20(15)30-3/h4-5,8-10,17H,6-7,11-13H2,1-3H3/t17-/m0/s1. The van der Waals surface area contributed by atoms with Crippen molar-refractivity contribution in [3.05, 3.63) is 52.3 Å². The number of benzene rings is 2. The molecule has 3 aliphatic rings. The van der Waals surface area contributed by atoms with E-state index in [0.29, 0.717) is 53.8 Å². The van der Waals surface area contributed by atoms with Crippen molar-refractivity contribution in [1.29, 1.82) is 0 Å². The van der Waals surface area contributed by atoms with Crippen molar-refractivity contribution in [2.24, 2.45) is 0 Å². The number of Topliss-reactive ketones (excluding diaryl/α,β-unsaturated/α-hetero) is 1. The lowest BCUT2D eigenvalue weighted by Crippen LogP contribution is -2.41. The lowest BCUT2D eigenvalue weighted by molar-refractivity contribution is 0.0637. The van der Waals surface area contributed by atoms with E-state index >= 15 is 0 Å². The quantitative estimate of drug-likeness (QED) is 0.629. The predicted molar refractivity (Wildman–Crippen MR) is 122 cm³/mol. The molecule has 2 aromatic rings. The Labute approximate surface area is 192 Å². The average Bonchev–Trinajstić information content (AvgIpc) is 3.33. The van der Waals surface area contributed by atoms with Gasteiger partial charge in [0, 0.05) is 35.3 Å². The summed E-state index contributed by atoms with van der Waals surface area (Å²) in [6, 6.07) is 7.08. The van der Waals surface area contributed by atoms with Gasteiger partial charge in [-0.1, -0.05) is 0 Å². The van der Waals surface area contributed by atoms with Crippen LogP contribution in [0.5, 0.6) is 23.0 Å². The number of carbonyl (C=O) groups excluding carboxylic acids is 1. The second kappa shape index (κ2) is 8.07. The Morgan fingerprint density at radius 2 is 1.97 bits per heavy atom. The van der Waals surface area contributed by atoms with Gasteiger partial charge in [0.15, 0.2) is 15.6 Å². The molecule has 0 saturated carbocycles. The molecule has 9 heteroatoms. The van der Waals surface area contributed by atoms with Gasteiger partial charge in [-0.25, -0.2) is 8.42 Å². The van der Waals surface area contributed by atoms with Crippen LogP contribution in [-0.2, 0) is 16.4 Å². The number of hydrogen-bond donors (Lipinski definition) is 0. The lowest BCUT2D eigenvalue weighted by Gasteiger charge is -2.33. The molecule has 0 aliphatic carbocycles.